The molecule has 0 N–H and O–H groups in total. The van der Waals surface area contributed by atoms with Crippen molar-refractivity contribution >= 4 is 21.7 Å². The van der Waals surface area contributed by atoms with E-state index in [1.165, 1.54) is 12.1 Å². The maximum atomic E-state index is 12.6. The number of alkyl halides is 3. The van der Waals surface area contributed by atoms with Gasteiger partial charge in [-0.25, -0.2) is 0 Å². The number of carbonyl (C=O) groups is 1. The molecule has 0 fully saturated rings. The van der Waals surface area contributed by atoms with Crippen molar-refractivity contribution in [2.24, 2.45) is 0 Å². The predicted molar refractivity (Wildman–Crippen MR) is 53.9 cm³/mol. The first kappa shape index (κ1) is 12.7. The Bertz CT molecular complexity index is 488. The van der Waals surface area contributed by atoms with E-state index < -0.39 is 23.1 Å². The minimum atomic E-state index is -4.65. The molecule has 0 atom stereocenters. The van der Waals surface area contributed by atoms with Crippen LogP contribution in [0.1, 0.15) is 28.4 Å². The SMILES string of the molecule is CC(=O)c1cc(Br)cc(C(F)(F)F)c1C#N. The van der Waals surface area contributed by atoms with Gasteiger partial charge in [-0.1, -0.05) is 15.9 Å². The molecular weight excluding hydrogens is 287 g/mol. The van der Waals surface area contributed by atoms with Crippen LogP contribution in [0.2, 0.25) is 0 Å². The van der Waals surface area contributed by atoms with Gasteiger partial charge in [0, 0.05) is 10.0 Å². The maximum Gasteiger partial charge on any atom is 0.417 e. The summed E-state index contributed by atoms with van der Waals surface area (Å²) in [5.74, 6) is -0.580. The standard InChI is InChI=1S/C10H5BrF3NO/c1-5(16)7-2-6(11)3-9(8(7)4-15)10(12,13)14/h2-3H,1H3. The molecule has 0 radical (unpaired) electrons. The van der Waals surface area contributed by atoms with E-state index in [1.54, 1.807) is 0 Å². The molecule has 1 aromatic carbocycles. The summed E-state index contributed by atoms with van der Waals surface area (Å²) in [6.45, 7) is 1.11. The number of halogens is 4. The second-order valence-electron chi connectivity index (χ2n) is 3.04. The van der Waals surface area contributed by atoms with Crippen LogP contribution in [0, 0.1) is 11.3 Å². The Hall–Kier alpha value is -1.35. The van der Waals surface area contributed by atoms with E-state index >= 15 is 0 Å². The van der Waals surface area contributed by atoms with Crippen LogP contribution in [0.15, 0.2) is 16.6 Å². The maximum absolute atomic E-state index is 12.6. The topological polar surface area (TPSA) is 40.9 Å². The molecule has 0 spiro atoms. The first-order valence-corrected chi connectivity index (χ1v) is 4.88. The summed E-state index contributed by atoms with van der Waals surface area (Å²) in [6.07, 6.45) is -4.65. The number of rotatable bonds is 1. The molecule has 0 aromatic heterocycles. The fourth-order valence-electron chi connectivity index (χ4n) is 1.23. The van der Waals surface area contributed by atoms with Crippen LogP contribution >= 0.6 is 15.9 Å². The van der Waals surface area contributed by atoms with Crippen molar-refractivity contribution in [3.8, 4) is 6.07 Å². The summed E-state index contributed by atoms with van der Waals surface area (Å²) < 4.78 is 37.8. The van der Waals surface area contributed by atoms with Gasteiger partial charge in [-0.15, -0.1) is 0 Å². The number of nitrogens with zero attached hydrogens (tertiary/aromatic N) is 1. The fourth-order valence-corrected chi connectivity index (χ4v) is 1.69. The average molecular weight is 292 g/mol. The van der Waals surface area contributed by atoms with Gasteiger partial charge in [0.2, 0.25) is 0 Å². The molecule has 1 aromatic rings. The normalized spacial score (nSPS) is 11.0. The van der Waals surface area contributed by atoms with E-state index in [1.807, 2.05) is 0 Å². The number of hydrogen-bond acceptors (Lipinski definition) is 2. The first-order chi connectivity index (χ1) is 7.27. The van der Waals surface area contributed by atoms with Crippen LogP contribution in [0.3, 0.4) is 0 Å². The largest absolute Gasteiger partial charge is 0.417 e. The van der Waals surface area contributed by atoms with Gasteiger partial charge in [-0.05, 0) is 19.1 Å². The van der Waals surface area contributed by atoms with Crippen molar-refractivity contribution in [1.29, 1.82) is 5.26 Å². The number of nitriles is 1. The molecule has 0 saturated heterocycles. The zero-order valence-electron chi connectivity index (χ0n) is 8.02. The Labute approximate surface area is 97.8 Å². The molecule has 0 unspecified atom stereocenters. The minimum Gasteiger partial charge on any atom is -0.294 e. The van der Waals surface area contributed by atoms with Crippen molar-refractivity contribution in [2.75, 3.05) is 0 Å². The Morgan fingerprint density at radius 1 is 1.44 bits per heavy atom. The summed E-state index contributed by atoms with van der Waals surface area (Å²) in [5, 5.41) is 8.68. The lowest BCUT2D eigenvalue weighted by atomic mass is 9.99. The van der Waals surface area contributed by atoms with Crippen LogP contribution in [-0.4, -0.2) is 5.78 Å². The highest BCUT2D eigenvalue weighted by Gasteiger charge is 2.35. The van der Waals surface area contributed by atoms with Gasteiger partial charge in [0.1, 0.15) is 6.07 Å². The number of hydrogen-bond donors (Lipinski definition) is 0. The second-order valence-corrected chi connectivity index (χ2v) is 3.96. The molecule has 0 aliphatic rings. The number of benzene rings is 1. The van der Waals surface area contributed by atoms with Crippen LogP contribution in [0.5, 0.6) is 0 Å². The summed E-state index contributed by atoms with van der Waals surface area (Å²) >= 11 is 2.88. The monoisotopic (exact) mass is 291 g/mol. The zero-order chi connectivity index (χ0) is 12.5. The van der Waals surface area contributed by atoms with E-state index in [9.17, 15) is 18.0 Å². The number of ketones is 1. The molecule has 0 bridgehead atoms. The van der Waals surface area contributed by atoms with Crippen molar-refractivity contribution in [3.63, 3.8) is 0 Å². The first-order valence-electron chi connectivity index (χ1n) is 4.09. The minimum absolute atomic E-state index is 0.115. The third-order valence-electron chi connectivity index (χ3n) is 1.90. The highest BCUT2D eigenvalue weighted by Crippen LogP contribution is 2.35. The van der Waals surface area contributed by atoms with Gasteiger partial charge in [-0.3, -0.25) is 4.79 Å². The van der Waals surface area contributed by atoms with Gasteiger partial charge in [0.15, 0.2) is 5.78 Å². The molecule has 6 heteroatoms. The Balaban J connectivity index is 3.63. The lowest BCUT2D eigenvalue weighted by Gasteiger charge is -2.11. The van der Waals surface area contributed by atoms with E-state index in [2.05, 4.69) is 15.9 Å². The molecule has 16 heavy (non-hydrogen) atoms. The van der Waals surface area contributed by atoms with Gasteiger partial charge < -0.3 is 0 Å². The molecule has 1 rings (SSSR count). The summed E-state index contributed by atoms with van der Waals surface area (Å²) in [5.41, 5.74) is -1.97. The zero-order valence-corrected chi connectivity index (χ0v) is 9.61. The smallest absolute Gasteiger partial charge is 0.294 e. The van der Waals surface area contributed by atoms with Gasteiger partial charge >= 0.3 is 6.18 Å². The van der Waals surface area contributed by atoms with Gasteiger partial charge in [0.25, 0.3) is 0 Å². The quantitative estimate of drug-likeness (QED) is 0.743. The van der Waals surface area contributed by atoms with Crippen LogP contribution in [0.25, 0.3) is 0 Å². The molecular formula is C10H5BrF3NO. The lowest BCUT2D eigenvalue weighted by Crippen LogP contribution is -2.11. The van der Waals surface area contributed by atoms with Crippen molar-refractivity contribution in [1.82, 2.24) is 0 Å². The molecule has 2 nitrogen and oxygen atoms in total. The lowest BCUT2D eigenvalue weighted by molar-refractivity contribution is -0.137. The van der Waals surface area contributed by atoms with Gasteiger partial charge in [-0.2, -0.15) is 18.4 Å². The third kappa shape index (κ3) is 2.42. The molecule has 84 valence electrons. The molecule has 0 aliphatic heterocycles. The number of Topliss-reactive ketones (excluding diaryl/α,β-unsaturated/α-hetero) is 1. The third-order valence-corrected chi connectivity index (χ3v) is 2.36. The van der Waals surface area contributed by atoms with Crippen LogP contribution in [0.4, 0.5) is 13.2 Å². The van der Waals surface area contributed by atoms with Crippen LogP contribution < -0.4 is 0 Å². The Morgan fingerprint density at radius 2 is 2.00 bits per heavy atom. The van der Waals surface area contributed by atoms with Crippen LogP contribution in [-0.2, 0) is 6.18 Å². The fraction of sp³-hybridized carbons (Fsp3) is 0.200. The molecule has 0 aliphatic carbocycles. The van der Waals surface area contributed by atoms with E-state index in [0.717, 1.165) is 13.0 Å². The van der Waals surface area contributed by atoms with E-state index in [0.29, 0.717) is 0 Å². The second kappa shape index (κ2) is 4.26. The average Bonchev–Trinajstić information content (AvgIpc) is 2.14. The van der Waals surface area contributed by atoms with Gasteiger partial charge in [0.05, 0.1) is 11.1 Å². The Morgan fingerprint density at radius 3 is 2.38 bits per heavy atom. The summed E-state index contributed by atoms with van der Waals surface area (Å²) in [7, 11) is 0. The number of carbonyl (C=O) groups excluding carboxylic acids is 1. The van der Waals surface area contributed by atoms with E-state index in [-0.39, 0.29) is 10.0 Å². The van der Waals surface area contributed by atoms with Crippen molar-refractivity contribution in [3.05, 3.63) is 33.3 Å². The summed E-state index contributed by atoms with van der Waals surface area (Å²) in [6, 6.07) is 3.40. The molecule has 0 heterocycles. The predicted octanol–water partition coefficient (Wildman–Crippen LogP) is 3.54. The summed E-state index contributed by atoms with van der Waals surface area (Å²) in [4.78, 5) is 11.1. The highest BCUT2D eigenvalue weighted by atomic mass is 79.9. The van der Waals surface area contributed by atoms with Crippen molar-refractivity contribution < 1.29 is 18.0 Å². The Kier molecular flexibility index (Phi) is 3.38. The highest BCUT2D eigenvalue weighted by molar-refractivity contribution is 9.10. The molecule has 0 amide bonds. The van der Waals surface area contributed by atoms with Crippen molar-refractivity contribution in [2.45, 2.75) is 13.1 Å². The molecule has 0 saturated carbocycles. The van der Waals surface area contributed by atoms with E-state index in [4.69, 9.17) is 5.26 Å².